The average Bonchev–Trinajstić information content (AvgIpc) is 3.17. The Labute approximate surface area is 187 Å². The monoisotopic (exact) mass is 463 g/mol. The van der Waals surface area contributed by atoms with E-state index in [0.717, 1.165) is 16.5 Å². The van der Waals surface area contributed by atoms with Gasteiger partial charge in [0, 0.05) is 17.1 Å². The molecule has 178 valence electrons. The molecule has 0 aliphatic carbocycles. The van der Waals surface area contributed by atoms with Gasteiger partial charge in [0.25, 0.3) is 0 Å². The van der Waals surface area contributed by atoms with Crippen molar-refractivity contribution in [3.05, 3.63) is 36.0 Å². The number of aliphatic hydroxyl groups is 1. The van der Waals surface area contributed by atoms with Crippen molar-refractivity contribution in [3.63, 3.8) is 0 Å². The number of aromatic nitrogens is 1. The zero-order chi connectivity index (χ0) is 24.5. The maximum Gasteiger partial charge on any atom is 0.326 e. The van der Waals surface area contributed by atoms with Gasteiger partial charge in [-0.3, -0.25) is 19.2 Å². The minimum absolute atomic E-state index is 0.165. The third-order valence-electron chi connectivity index (χ3n) is 4.70. The van der Waals surface area contributed by atoms with E-state index in [2.05, 4.69) is 15.6 Å². The highest BCUT2D eigenvalue weighted by Crippen LogP contribution is 2.18. The topological polar surface area (TPSA) is 224 Å². The number of aliphatic hydroxyl groups excluding tert-OH is 1. The number of aromatic amines is 1. The van der Waals surface area contributed by atoms with Crippen molar-refractivity contribution >= 4 is 40.6 Å². The van der Waals surface area contributed by atoms with Crippen LogP contribution in [0.5, 0.6) is 0 Å². The molecule has 13 nitrogen and oxygen atoms in total. The lowest BCUT2D eigenvalue weighted by Crippen LogP contribution is -2.55. The summed E-state index contributed by atoms with van der Waals surface area (Å²) < 4.78 is 0. The first-order chi connectivity index (χ1) is 15.6. The molecule has 0 saturated heterocycles. The van der Waals surface area contributed by atoms with E-state index in [4.69, 9.17) is 15.9 Å². The number of aliphatic carboxylic acids is 2. The Balaban J connectivity index is 1.87. The smallest absolute Gasteiger partial charge is 0.326 e. The predicted molar refractivity (Wildman–Crippen MR) is 114 cm³/mol. The van der Waals surface area contributed by atoms with Crippen molar-refractivity contribution in [2.75, 3.05) is 13.2 Å². The molecule has 3 unspecified atom stereocenters. The molecular formula is C20H25N5O8. The number of para-hydroxylation sites is 1. The fraction of sp³-hybridized carbons (Fsp3) is 0.350. The number of nitrogens with two attached hydrogens (primary N) is 1. The van der Waals surface area contributed by atoms with Crippen LogP contribution < -0.4 is 21.7 Å². The first-order valence-electron chi connectivity index (χ1n) is 9.85. The van der Waals surface area contributed by atoms with Crippen molar-refractivity contribution < 1.29 is 39.3 Å². The SMILES string of the molecule is NC(Cc1c[nH]c2ccccc12)C(=O)NC(CO)C(=O)NCC(=O)NC(CC(=O)O)C(=O)O. The first-order valence-corrected chi connectivity index (χ1v) is 9.85. The van der Waals surface area contributed by atoms with Gasteiger partial charge in [-0.05, 0) is 18.1 Å². The molecule has 0 fully saturated rings. The molecule has 1 aromatic carbocycles. The summed E-state index contributed by atoms with van der Waals surface area (Å²) in [6.07, 6.45) is 1.04. The molecule has 3 atom stereocenters. The Kier molecular flexibility index (Phi) is 8.89. The second-order valence-electron chi connectivity index (χ2n) is 7.19. The molecule has 1 heterocycles. The lowest BCUT2D eigenvalue weighted by molar-refractivity contribution is -0.147. The van der Waals surface area contributed by atoms with Crippen molar-refractivity contribution in [2.24, 2.45) is 5.73 Å². The Morgan fingerprint density at radius 1 is 1.00 bits per heavy atom. The van der Waals surface area contributed by atoms with Gasteiger partial charge in [-0.15, -0.1) is 0 Å². The number of nitrogens with one attached hydrogen (secondary N) is 4. The van der Waals surface area contributed by atoms with Crippen LogP contribution in [-0.2, 0) is 30.4 Å². The van der Waals surface area contributed by atoms with E-state index in [-0.39, 0.29) is 6.42 Å². The van der Waals surface area contributed by atoms with Crippen molar-refractivity contribution in [1.29, 1.82) is 0 Å². The van der Waals surface area contributed by atoms with Gasteiger partial charge in [-0.2, -0.15) is 0 Å². The van der Waals surface area contributed by atoms with E-state index in [9.17, 15) is 29.1 Å². The van der Waals surface area contributed by atoms with Crippen molar-refractivity contribution in [3.8, 4) is 0 Å². The maximum absolute atomic E-state index is 12.4. The molecule has 2 aromatic rings. The average molecular weight is 463 g/mol. The summed E-state index contributed by atoms with van der Waals surface area (Å²) in [7, 11) is 0. The summed E-state index contributed by atoms with van der Waals surface area (Å²) in [6, 6.07) is 3.32. The molecule has 1 aromatic heterocycles. The van der Waals surface area contributed by atoms with Crippen LogP contribution in [-0.4, -0.2) is 81.2 Å². The largest absolute Gasteiger partial charge is 0.481 e. The fourth-order valence-corrected chi connectivity index (χ4v) is 3.01. The lowest BCUT2D eigenvalue weighted by Gasteiger charge is -2.19. The van der Waals surface area contributed by atoms with Crippen LogP contribution in [0.25, 0.3) is 10.9 Å². The summed E-state index contributed by atoms with van der Waals surface area (Å²) >= 11 is 0. The van der Waals surface area contributed by atoms with Crippen LogP contribution in [0.4, 0.5) is 0 Å². The van der Waals surface area contributed by atoms with Gasteiger partial charge in [-0.25, -0.2) is 4.79 Å². The Morgan fingerprint density at radius 2 is 1.70 bits per heavy atom. The quantitative estimate of drug-likeness (QED) is 0.169. The van der Waals surface area contributed by atoms with Gasteiger partial charge >= 0.3 is 11.9 Å². The molecular weight excluding hydrogens is 438 g/mol. The standard InChI is InChI=1S/C20H25N5O8/c21-12(5-10-7-22-13-4-2-1-3-11(10)13)18(30)25-15(9-26)19(31)23-8-16(27)24-14(20(32)33)6-17(28)29/h1-4,7,12,14-15,22,26H,5-6,8-9,21H2,(H,23,31)(H,24,27)(H,25,30)(H,28,29)(H,32,33). The van der Waals surface area contributed by atoms with Crippen LogP contribution in [0.1, 0.15) is 12.0 Å². The maximum atomic E-state index is 12.4. The summed E-state index contributed by atoms with van der Waals surface area (Å²) in [5.74, 6) is -5.56. The number of rotatable bonds is 12. The molecule has 0 bridgehead atoms. The minimum atomic E-state index is -1.68. The van der Waals surface area contributed by atoms with Crippen LogP contribution in [0.3, 0.4) is 0 Å². The molecule has 0 aliphatic rings. The molecule has 0 spiro atoms. The molecule has 0 radical (unpaired) electrons. The van der Waals surface area contributed by atoms with Crippen molar-refractivity contribution in [1.82, 2.24) is 20.9 Å². The second-order valence-corrected chi connectivity index (χ2v) is 7.19. The zero-order valence-electron chi connectivity index (χ0n) is 17.4. The zero-order valence-corrected chi connectivity index (χ0v) is 17.4. The van der Waals surface area contributed by atoms with E-state index in [1.54, 1.807) is 6.20 Å². The number of hydrogen-bond donors (Lipinski definition) is 8. The first kappa shape index (κ1) is 25.3. The number of hydrogen-bond acceptors (Lipinski definition) is 7. The highest BCUT2D eigenvalue weighted by molar-refractivity contribution is 5.93. The molecule has 2 rings (SSSR count). The van der Waals surface area contributed by atoms with E-state index < -0.39 is 67.4 Å². The summed E-state index contributed by atoms with van der Waals surface area (Å²) in [6.45, 7) is -1.48. The second kappa shape index (κ2) is 11.6. The van der Waals surface area contributed by atoms with Gasteiger partial charge < -0.3 is 42.0 Å². The highest BCUT2D eigenvalue weighted by Gasteiger charge is 2.26. The lowest BCUT2D eigenvalue weighted by atomic mass is 10.0. The number of H-pyrrole nitrogens is 1. The van der Waals surface area contributed by atoms with Gasteiger partial charge in [0.2, 0.25) is 17.7 Å². The van der Waals surface area contributed by atoms with E-state index >= 15 is 0 Å². The van der Waals surface area contributed by atoms with E-state index in [1.807, 2.05) is 29.6 Å². The number of fused-ring (bicyclic) bond motifs is 1. The van der Waals surface area contributed by atoms with E-state index in [0.29, 0.717) is 0 Å². The number of carboxylic acid groups (broad SMARTS) is 2. The van der Waals surface area contributed by atoms with E-state index in [1.165, 1.54) is 0 Å². The predicted octanol–water partition coefficient (Wildman–Crippen LogP) is -2.32. The Bertz CT molecular complexity index is 1040. The molecule has 3 amide bonds. The van der Waals surface area contributed by atoms with Crippen LogP contribution in [0, 0.1) is 0 Å². The minimum Gasteiger partial charge on any atom is -0.481 e. The summed E-state index contributed by atoms with van der Waals surface area (Å²) in [5.41, 5.74) is 7.61. The van der Waals surface area contributed by atoms with Crippen LogP contribution >= 0.6 is 0 Å². The normalized spacial score (nSPS) is 13.5. The molecule has 0 saturated carbocycles. The number of carboxylic acids is 2. The van der Waals surface area contributed by atoms with Crippen molar-refractivity contribution in [2.45, 2.75) is 31.0 Å². The summed E-state index contributed by atoms with van der Waals surface area (Å²) in [5, 5.41) is 34.3. The van der Waals surface area contributed by atoms with Crippen LogP contribution in [0.2, 0.25) is 0 Å². The molecule has 33 heavy (non-hydrogen) atoms. The third kappa shape index (κ3) is 7.29. The van der Waals surface area contributed by atoms with Gasteiger partial charge in [0.05, 0.1) is 25.6 Å². The Hall–Kier alpha value is -3.97. The molecule has 9 N–H and O–H groups in total. The van der Waals surface area contributed by atoms with Gasteiger partial charge in [-0.1, -0.05) is 18.2 Å². The fourth-order valence-electron chi connectivity index (χ4n) is 3.01. The number of amides is 3. The van der Waals surface area contributed by atoms with Crippen LogP contribution in [0.15, 0.2) is 30.5 Å². The number of carbonyl (C=O) groups is 5. The molecule has 13 heteroatoms. The molecule has 0 aliphatic heterocycles. The van der Waals surface area contributed by atoms with Gasteiger partial charge in [0.15, 0.2) is 0 Å². The highest BCUT2D eigenvalue weighted by atomic mass is 16.4. The number of carbonyl (C=O) groups excluding carboxylic acids is 3. The number of benzene rings is 1. The summed E-state index contributed by atoms with van der Waals surface area (Å²) in [4.78, 5) is 61.1. The van der Waals surface area contributed by atoms with Gasteiger partial charge in [0.1, 0.15) is 12.1 Å². The Morgan fingerprint density at radius 3 is 2.33 bits per heavy atom. The third-order valence-corrected chi connectivity index (χ3v) is 4.70.